The third kappa shape index (κ3) is 1.77. The van der Waals surface area contributed by atoms with Crippen LogP contribution in [0, 0.1) is 6.92 Å². The first kappa shape index (κ1) is 11.2. The van der Waals surface area contributed by atoms with Crippen molar-refractivity contribution in [1.29, 1.82) is 0 Å². The molecule has 3 aromatic rings. The molecule has 0 unspecified atom stereocenters. The second-order valence-corrected chi connectivity index (χ2v) is 4.74. The number of aromatic nitrogens is 1. The Labute approximate surface area is 111 Å². The summed E-state index contributed by atoms with van der Waals surface area (Å²) in [4.78, 5) is 4.16. The molecule has 0 spiro atoms. The highest BCUT2D eigenvalue weighted by Gasteiger charge is 2.09. The summed E-state index contributed by atoms with van der Waals surface area (Å²) in [6.07, 6.45) is 3.70. The summed E-state index contributed by atoms with van der Waals surface area (Å²) in [6.45, 7) is 2.08. The maximum atomic E-state index is 6.35. The largest absolute Gasteiger partial charge is 0.264 e. The molecule has 0 fully saturated rings. The Kier molecular flexibility index (Phi) is 2.77. The minimum atomic E-state index is 0.791. The molecule has 2 aromatic carbocycles. The van der Waals surface area contributed by atoms with Crippen molar-refractivity contribution in [3.63, 3.8) is 0 Å². The van der Waals surface area contributed by atoms with Crippen LogP contribution < -0.4 is 0 Å². The van der Waals surface area contributed by atoms with Gasteiger partial charge in [0.1, 0.15) is 0 Å². The van der Waals surface area contributed by atoms with E-state index in [2.05, 4.69) is 30.1 Å². The molecule has 0 N–H and O–H groups in total. The van der Waals surface area contributed by atoms with Crippen LogP contribution in [0.5, 0.6) is 0 Å². The van der Waals surface area contributed by atoms with E-state index in [9.17, 15) is 0 Å². The zero-order chi connectivity index (χ0) is 12.5. The first-order valence-corrected chi connectivity index (χ1v) is 6.23. The van der Waals surface area contributed by atoms with E-state index >= 15 is 0 Å². The van der Waals surface area contributed by atoms with Gasteiger partial charge in [-0.2, -0.15) is 0 Å². The summed E-state index contributed by atoms with van der Waals surface area (Å²) >= 11 is 6.35. The number of benzene rings is 2. The van der Waals surface area contributed by atoms with Crippen LogP contribution in [0.1, 0.15) is 5.56 Å². The van der Waals surface area contributed by atoms with Gasteiger partial charge in [0, 0.05) is 28.4 Å². The van der Waals surface area contributed by atoms with Crippen LogP contribution in [0.4, 0.5) is 0 Å². The second kappa shape index (κ2) is 4.43. The summed E-state index contributed by atoms with van der Waals surface area (Å²) in [5.74, 6) is 0. The van der Waals surface area contributed by atoms with Crippen molar-refractivity contribution in [3.8, 4) is 11.1 Å². The summed E-state index contributed by atoms with van der Waals surface area (Å²) < 4.78 is 0. The number of halogens is 1. The molecule has 3 rings (SSSR count). The summed E-state index contributed by atoms with van der Waals surface area (Å²) in [7, 11) is 0. The van der Waals surface area contributed by atoms with Crippen LogP contribution in [0.3, 0.4) is 0 Å². The molecule has 1 heterocycles. The standard InChI is InChI=1S/C16H12ClN/c1-11-4-2-7-15(17)16(11)14-6-3-5-12-10-18-9-8-13(12)14/h2-10H,1H3. The summed E-state index contributed by atoms with van der Waals surface area (Å²) in [5.41, 5.74) is 3.46. The smallest absolute Gasteiger partial charge is 0.0487 e. The number of hydrogen-bond donors (Lipinski definition) is 0. The Balaban J connectivity index is 2.39. The van der Waals surface area contributed by atoms with Gasteiger partial charge >= 0.3 is 0 Å². The normalized spacial score (nSPS) is 10.8. The predicted octanol–water partition coefficient (Wildman–Crippen LogP) is 4.86. The molecule has 2 heteroatoms. The fraction of sp³-hybridized carbons (Fsp3) is 0.0625. The van der Waals surface area contributed by atoms with E-state index in [-0.39, 0.29) is 0 Å². The molecule has 1 aromatic heterocycles. The summed E-state index contributed by atoms with van der Waals surface area (Å²) in [5, 5.41) is 3.11. The minimum absolute atomic E-state index is 0.791. The molecular formula is C16H12ClN. The lowest BCUT2D eigenvalue weighted by molar-refractivity contribution is 1.36. The van der Waals surface area contributed by atoms with Gasteiger partial charge in [0.05, 0.1) is 0 Å². The van der Waals surface area contributed by atoms with Crippen LogP contribution in [-0.2, 0) is 0 Å². The molecule has 0 aliphatic heterocycles. The first-order valence-electron chi connectivity index (χ1n) is 5.85. The number of hydrogen-bond acceptors (Lipinski definition) is 1. The van der Waals surface area contributed by atoms with Crippen molar-refractivity contribution in [2.24, 2.45) is 0 Å². The highest BCUT2D eigenvalue weighted by Crippen LogP contribution is 2.35. The van der Waals surface area contributed by atoms with Crippen LogP contribution in [0.2, 0.25) is 5.02 Å². The van der Waals surface area contributed by atoms with Crippen molar-refractivity contribution >= 4 is 22.4 Å². The lowest BCUT2D eigenvalue weighted by Crippen LogP contribution is -1.87. The van der Waals surface area contributed by atoms with Gasteiger partial charge < -0.3 is 0 Å². The fourth-order valence-electron chi connectivity index (χ4n) is 2.31. The molecule has 18 heavy (non-hydrogen) atoms. The van der Waals surface area contributed by atoms with Crippen molar-refractivity contribution in [3.05, 3.63) is 65.4 Å². The van der Waals surface area contributed by atoms with Gasteiger partial charge in [-0.1, -0.05) is 41.9 Å². The molecule has 0 aliphatic rings. The maximum Gasteiger partial charge on any atom is 0.0487 e. The van der Waals surface area contributed by atoms with Crippen molar-refractivity contribution in [1.82, 2.24) is 4.98 Å². The Morgan fingerprint density at radius 2 is 1.83 bits per heavy atom. The molecule has 0 amide bonds. The average molecular weight is 254 g/mol. The molecule has 0 radical (unpaired) electrons. The molecule has 88 valence electrons. The number of rotatable bonds is 1. The average Bonchev–Trinajstić information content (AvgIpc) is 2.39. The zero-order valence-corrected chi connectivity index (χ0v) is 10.8. The van der Waals surface area contributed by atoms with Gasteiger partial charge in [-0.05, 0) is 35.6 Å². The lowest BCUT2D eigenvalue weighted by Gasteiger charge is -2.11. The molecule has 0 aliphatic carbocycles. The third-order valence-corrected chi connectivity index (χ3v) is 3.49. The van der Waals surface area contributed by atoms with Crippen LogP contribution in [0.15, 0.2) is 54.9 Å². The quantitative estimate of drug-likeness (QED) is 0.603. The second-order valence-electron chi connectivity index (χ2n) is 4.33. The Bertz CT molecular complexity index is 694. The lowest BCUT2D eigenvalue weighted by atomic mass is 9.96. The monoisotopic (exact) mass is 253 g/mol. The number of nitrogens with zero attached hydrogens (tertiary/aromatic N) is 1. The van der Waals surface area contributed by atoms with Crippen molar-refractivity contribution < 1.29 is 0 Å². The minimum Gasteiger partial charge on any atom is -0.264 e. The Hall–Kier alpha value is -1.86. The highest BCUT2D eigenvalue weighted by atomic mass is 35.5. The third-order valence-electron chi connectivity index (χ3n) is 3.17. The molecule has 0 saturated heterocycles. The van der Waals surface area contributed by atoms with Gasteiger partial charge in [0.25, 0.3) is 0 Å². The van der Waals surface area contributed by atoms with Crippen molar-refractivity contribution in [2.75, 3.05) is 0 Å². The highest BCUT2D eigenvalue weighted by molar-refractivity contribution is 6.34. The number of pyridine rings is 1. The van der Waals surface area contributed by atoms with Gasteiger partial charge in [-0.15, -0.1) is 0 Å². The van der Waals surface area contributed by atoms with E-state index < -0.39 is 0 Å². The number of aryl methyl sites for hydroxylation is 1. The van der Waals surface area contributed by atoms with Gasteiger partial charge in [-0.25, -0.2) is 0 Å². The van der Waals surface area contributed by atoms with Crippen molar-refractivity contribution in [2.45, 2.75) is 6.92 Å². The molecule has 1 nitrogen and oxygen atoms in total. The zero-order valence-electron chi connectivity index (χ0n) is 10.0. The molecular weight excluding hydrogens is 242 g/mol. The van der Waals surface area contributed by atoms with E-state index in [4.69, 9.17) is 11.6 Å². The number of fused-ring (bicyclic) bond motifs is 1. The first-order chi connectivity index (χ1) is 8.77. The van der Waals surface area contributed by atoms with Crippen LogP contribution in [0.25, 0.3) is 21.9 Å². The topological polar surface area (TPSA) is 12.9 Å². The van der Waals surface area contributed by atoms with E-state index in [1.807, 2.05) is 36.7 Å². The van der Waals surface area contributed by atoms with E-state index in [1.54, 1.807) is 0 Å². The molecule has 0 atom stereocenters. The van der Waals surface area contributed by atoms with Gasteiger partial charge in [0.15, 0.2) is 0 Å². The Morgan fingerprint density at radius 3 is 2.67 bits per heavy atom. The van der Waals surface area contributed by atoms with E-state index in [1.165, 1.54) is 10.9 Å². The molecule has 0 saturated carbocycles. The van der Waals surface area contributed by atoms with E-state index in [0.29, 0.717) is 0 Å². The van der Waals surface area contributed by atoms with Crippen LogP contribution >= 0.6 is 11.6 Å². The fourth-order valence-corrected chi connectivity index (χ4v) is 2.64. The predicted molar refractivity (Wildman–Crippen MR) is 76.9 cm³/mol. The van der Waals surface area contributed by atoms with Gasteiger partial charge in [0.2, 0.25) is 0 Å². The maximum absolute atomic E-state index is 6.35. The van der Waals surface area contributed by atoms with Crippen LogP contribution in [-0.4, -0.2) is 4.98 Å². The van der Waals surface area contributed by atoms with E-state index in [0.717, 1.165) is 21.5 Å². The summed E-state index contributed by atoms with van der Waals surface area (Å²) in [6, 6.07) is 14.3. The Morgan fingerprint density at radius 1 is 1.00 bits per heavy atom. The van der Waals surface area contributed by atoms with Gasteiger partial charge in [-0.3, -0.25) is 4.98 Å². The SMILES string of the molecule is Cc1cccc(Cl)c1-c1cccc2cnccc12. The molecule has 0 bridgehead atoms.